The van der Waals surface area contributed by atoms with Gasteiger partial charge in [0.15, 0.2) is 0 Å². The zero-order valence-corrected chi connectivity index (χ0v) is 14.6. The van der Waals surface area contributed by atoms with E-state index >= 15 is 0 Å². The van der Waals surface area contributed by atoms with Crippen LogP contribution in [0.2, 0.25) is 0 Å². The zero-order chi connectivity index (χ0) is 17.4. The van der Waals surface area contributed by atoms with Crippen LogP contribution in [-0.2, 0) is 13.1 Å². The van der Waals surface area contributed by atoms with Gasteiger partial charge in [0.2, 0.25) is 0 Å². The van der Waals surface area contributed by atoms with Crippen LogP contribution in [0.3, 0.4) is 0 Å². The minimum absolute atomic E-state index is 0.00999. The fourth-order valence-electron chi connectivity index (χ4n) is 3.72. The average Bonchev–Trinajstić information content (AvgIpc) is 3.16. The predicted molar refractivity (Wildman–Crippen MR) is 97.9 cm³/mol. The van der Waals surface area contributed by atoms with E-state index in [-0.39, 0.29) is 18.0 Å². The third-order valence-electron chi connectivity index (χ3n) is 5.04. The Hall–Kier alpha value is -2.53. The number of para-hydroxylation sites is 1. The van der Waals surface area contributed by atoms with E-state index in [1.165, 1.54) is 11.1 Å². The normalized spacial score (nSPS) is 19.7. The zero-order valence-electron chi connectivity index (χ0n) is 14.6. The molecule has 0 bridgehead atoms. The summed E-state index contributed by atoms with van der Waals surface area (Å²) in [7, 11) is 2.10. The molecule has 4 rings (SSSR count). The second kappa shape index (κ2) is 6.41. The molecule has 0 saturated carbocycles. The predicted octanol–water partition coefficient (Wildman–Crippen LogP) is 3.32. The molecule has 0 spiro atoms. The average molecular weight is 337 g/mol. The molecule has 5 nitrogen and oxygen atoms in total. The Labute approximate surface area is 148 Å². The highest BCUT2D eigenvalue weighted by Crippen LogP contribution is 2.35. The number of anilines is 1. The standard InChI is InChI=1S/C20H23N3O2/c1-13(18-12-25-19-6-4-3-5-17(18)19)21-20(24)22-16-8-7-14-10-23(2)11-15(14)9-16/h3-9,13,18H,10-12H2,1-2H3,(H2,21,22,24)/t13-,18-/m1/s1. The molecular weight excluding hydrogens is 314 g/mol. The van der Waals surface area contributed by atoms with Crippen molar-refractivity contribution in [2.24, 2.45) is 0 Å². The number of carbonyl (C=O) groups excluding carboxylic acids is 1. The fraction of sp³-hybridized carbons (Fsp3) is 0.350. The number of rotatable bonds is 3. The summed E-state index contributed by atoms with van der Waals surface area (Å²) in [6.07, 6.45) is 0. The summed E-state index contributed by atoms with van der Waals surface area (Å²) in [5.41, 5.74) is 4.62. The van der Waals surface area contributed by atoms with Gasteiger partial charge in [0.25, 0.3) is 0 Å². The smallest absolute Gasteiger partial charge is 0.319 e. The number of ether oxygens (including phenoxy) is 1. The minimum Gasteiger partial charge on any atom is -0.493 e. The number of urea groups is 1. The Morgan fingerprint density at radius 3 is 2.88 bits per heavy atom. The monoisotopic (exact) mass is 337 g/mol. The molecule has 5 heteroatoms. The number of nitrogens with one attached hydrogen (secondary N) is 2. The van der Waals surface area contributed by atoms with Crippen LogP contribution in [0.5, 0.6) is 5.75 Å². The van der Waals surface area contributed by atoms with Gasteiger partial charge in [0.05, 0.1) is 6.61 Å². The maximum atomic E-state index is 12.4. The number of benzene rings is 2. The molecule has 2 N–H and O–H groups in total. The molecule has 0 saturated heterocycles. The van der Waals surface area contributed by atoms with Crippen LogP contribution in [0.4, 0.5) is 10.5 Å². The van der Waals surface area contributed by atoms with E-state index in [1.807, 2.05) is 31.2 Å². The van der Waals surface area contributed by atoms with Crippen LogP contribution >= 0.6 is 0 Å². The SMILES string of the molecule is C[C@@H](NC(=O)Nc1ccc2c(c1)CN(C)C2)[C@H]1COc2ccccc21. The van der Waals surface area contributed by atoms with Crippen molar-refractivity contribution in [1.82, 2.24) is 10.2 Å². The van der Waals surface area contributed by atoms with Gasteiger partial charge in [-0.2, -0.15) is 0 Å². The van der Waals surface area contributed by atoms with Crippen LogP contribution in [0.25, 0.3) is 0 Å². The lowest BCUT2D eigenvalue weighted by atomic mass is 9.94. The van der Waals surface area contributed by atoms with Gasteiger partial charge >= 0.3 is 6.03 Å². The van der Waals surface area contributed by atoms with Crippen molar-refractivity contribution >= 4 is 11.7 Å². The largest absolute Gasteiger partial charge is 0.493 e. The van der Waals surface area contributed by atoms with Gasteiger partial charge in [-0.25, -0.2) is 4.79 Å². The van der Waals surface area contributed by atoms with E-state index in [4.69, 9.17) is 4.74 Å². The van der Waals surface area contributed by atoms with E-state index < -0.39 is 0 Å². The van der Waals surface area contributed by atoms with Crippen LogP contribution in [-0.4, -0.2) is 30.6 Å². The minimum atomic E-state index is -0.178. The lowest BCUT2D eigenvalue weighted by molar-refractivity contribution is 0.244. The highest BCUT2D eigenvalue weighted by molar-refractivity contribution is 5.89. The van der Waals surface area contributed by atoms with E-state index in [0.29, 0.717) is 6.61 Å². The summed E-state index contributed by atoms with van der Waals surface area (Å²) < 4.78 is 5.72. The second-order valence-corrected chi connectivity index (χ2v) is 7.00. The van der Waals surface area contributed by atoms with Gasteiger partial charge in [-0.1, -0.05) is 24.3 Å². The van der Waals surface area contributed by atoms with Gasteiger partial charge in [-0.15, -0.1) is 0 Å². The fourth-order valence-corrected chi connectivity index (χ4v) is 3.72. The quantitative estimate of drug-likeness (QED) is 0.903. The molecule has 0 aromatic heterocycles. The maximum absolute atomic E-state index is 12.4. The molecule has 130 valence electrons. The number of amides is 2. The van der Waals surface area contributed by atoms with Crippen molar-refractivity contribution in [1.29, 1.82) is 0 Å². The van der Waals surface area contributed by atoms with E-state index in [2.05, 4.69) is 40.8 Å². The molecule has 2 atom stereocenters. The number of hydrogen-bond donors (Lipinski definition) is 2. The van der Waals surface area contributed by atoms with E-state index in [0.717, 1.165) is 30.1 Å². The topological polar surface area (TPSA) is 53.6 Å². The van der Waals surface area contributed by atoms with E-state index in [9.17, 15) is 4.79 Å². The van der Waals surface area contributed by atoms with Crippen LogP contribution in [0, 0.1) is 0 Å². The Morgan fingerprint density at radius 2 is 2.00 bits per heavy atom. The second-order valence-electron chi connectivity index (χ2n) is 7.00. The highest BCUT2D eigenvalue weighted by Gasteiger charge is 2.29. The van der Waals surface area contributed by atoms with E-state index in [1.54, 1.807) is 0 Å². The van der Waals surface area contributed by atoms with Gasteiger partial charge in [-0.05, 0) is 43.3 Å². The summed E-state index contributed by atoms with van der Waals surface area (Å²) in [6, 6.07) is 14.0. The molecule has 2 aromatic carbocycles. The Kier molecular flexibility index (Phi) is 4.09. The van der Waals surface area contributed by atoms with Crippen LogP contribution in [0.1, 0.15) is 29.5 Å². The number of nitrogens with zero attached hydrogens (tertiary/aromatic N) is 1. The molecule has 0 fully saturated rings. The van der Waals surface area contributed by atoms with Crippen LogP contribution < -0.4 is 15.4 Å². The van der Waals surface area contributed by atoms with Crippen LogP contribution in [0.15, 0.2) is 42.5 Å². The third-order valence-corrected chi connectivity index (χ3v) is 5.04. The first kappa shape index (κ1) is 16.0. The summed E-state index contributed by atoms with van der Waals surface area (Å²) in [5, 5.41) is 6.00. The highest BCUT2D eigenvalue weighted by atomic mass is 16.5. The molecular formula is C20H23N3O2. The molecule has 2 amide bonds. The molecule has 0 radical (unpaired) electrons. The summed E-state index contributed by atoms with van der Waals surface area (Å²) >= 11 is 0. The molecule has 2 aliphatic heterocycles. The molecule has 25 heavy (non-hydrogen) atoms. The molecule has 2 aliphatic rings. The van der Waals surface area contributed by atoms with Crippen molar-refractivity contribution in [3.8, 4) is 5.75 Å². The van der Waals surface area contributed by atoms with Crippen molar-refractivity contribution in [2.45, 2.75) is 32.0 Å². The third kappa shape index (κ3) is 3.20. The molecule has 2 heterocycles. The first-order valence-electron chi connectivity index (χ1n) is 8.70. The lowest BCUT2D eigenvalue weighted by Crippen LogP contribution is -2.40. The lowest BCUT2D eigenvalue weighted by Gasteiger charge is -2.20. The Balaban J connectivity index is 1.39. The van der Waals surface area contributed by atoms with Crippen molar-refractivity contribution in [3.63, 3.8) is 0 Å². The van der Waals surface area contributed by atoms with Crippen molar-refractivity contribution < 1.29 is 9.53 Å². The summed E-state index contributed by atoms with van der Waals surface area (Å²) in [6.45, 7) is 4.53. The molecule has 2 aromatic rings. The molecule has 0 unspecified atom stereocenters. The first-order chi connectivity index (χ1) is 12.1. The van der Waals surface area contributed by atoms with Gasteiger partial charge < -0.3 is 15.4 Å². The number of carbonyl (C=O) groups is 1. The van der Waals surface area contributed by atoms with Gasteiger partial charge in [0.1, 0.15) is 5.75 Å². The molecule has 0 aliphatic carbocycles. The maximum Gasteiger partial charge on any atom is 0.319 e. The first-order valence-corrected chi connectivity index (χ1v) is 8.70. The van der Waals surface area contributed by atoms with Crippen molar-refractivity contribution in [3.05, 3.63) is 59.2 Å². The van der Waals surface area contributed by atoms with Gasteiger partial charge in [0, 0.05) is 36.3 Å². The summed E-state index contributed by atoms with van der Waals surface area (Å²) in [4.78, 5) is 14.6. The van der Waals surface area contributed by atoms with Gasteiger partial charge in [-0.3, -0.25) is 4.90 Å². The summed E-state index contributed by atoms with van der Waals surface area (Å²) in [5.74, 6) is 1.10. The Morgan fingerprint density at radius 1 is 1.20 bits per heavy atom. The number of hydrogen-bond acceptors (Lipinski definition) is 3. The van der Waals surface area contributed by atoms with Crippen molar-refractivity contribution in [2.75, 3.05) is 19.0 Å². The number of fused-ring (bicyclic) bond motifs is 2. The Bertz CT molecular complexity index is 805.